The van der Waals surface area contributed by atoms with Crippen molar-refractivity contribution in [3.05, 3.63) is 35.9 Å². The fourth-order valence-electron chi connectivity index (χ4n) is 1.53. The van der Waals surface area contributed by atoms with Gasteiger partial charge in [-0.1, -0.05) is 30.3 Å². The highest BCUT2D eigenvalue weighted by Gasteiger charge is 2.34. The molecule has 0 saturated carbocycles. The lowest BCUT2D eigenvalue weighted by molar-refractivity contribution is -0.158. The van der Waals surface area contributed by atoms with Gasteiger partial charge in [0.05, 0.1) is 0 Å². The number of esters is 1. The Morgan fingerprint density at radius 1 is 1.26 bits per heavy atom. The topological polar surface area (TPSA) is 60.4 Å². The third-order valence-corrected chi connectivity index (χ3v) is 2.94. The second kappa shape index (κ2) is 6.83. The highest BCUT2D eigenvalue weighted by Crippen LogP contribution is 2.23. The molecule has 0 spiro atoms. The van der Waals surface area contributed by atoms with Crippen LogP contribution in [0.2, 0.25) is 0 Å². The lowest BCUT2D eigenvalue weighted by Crippen LogP contribution is -2.32. The van der Waals surface area contributed by atoms with Gasteiger partial charge >= 0.3 is 5.97 Å². The van der Waals surface area contributed by atoms with Crippen LogP contribution in [0.5, 0.6) is 0 Å². The van der Waals surface area contributed by atoms with Crippen LogP contribution < -0.4 is 0 Å². The lowest BCUT2D eigenvalue weighted by Gasteiger charge is -2.20. The zero-order chi connectivity index (χ0) is 14.3. The molecule has 102 valence electrons. The standard InChI is InChI=1S/C15H18O4/c1-12(17)8-9-15(2,11-16)14(18)19-10-13-6-4-3-5-7-13/h3-7,11H,8-10H2,1-2H3. The number of hydrogen-bond donors (Lipinski definition) is 0. The van der Waals surface area contributed by atoms with Gasteiger partial charge in [0, 0.05) is 6.42 Å². The Morgan fingerprint density at radius 3 is 2.42 bits per heavy atom. The minimum atomic E-state index is -1.25. The van der Waals surface area contributed by atoms with E-state index in [1.54, 1.807) is 0 Å². The van der Waals surface area contributed by atoms with E-state index in [-0.39, 0.29) is 25.2 Å². The molecule has 0 fully saturated rings. The first-order valence-corrected chi connectivity index (χ1v) is 6.15. The van der Waals surface area contributed by atoms with E-state index in [0.29, 0.717) is 6.29 Å². The number of aldehydes is 1. The summed E-state index contributed by atoms with van der Waals surface area (Å²) in [5.74, 6) is -0.642. The van der Waals surface area contributed by atoms with Gasteiger partial charge in [0.25, 0.3) is 0 Å². The number of carbonyl (C=O) groups excluding carboxylic acids is 3. The molecule has 0 heterocycles. The summed E-state index contributed by atoms with van der Waals surface area (Å²) in [5, 5.41) is 0. The van der Waals surface area contributed by atoms with E-state index in [1.807, 2.05) is 30.3 Å². The van der Waals surface area contributed by atoms with Crippen molar-refractivity contribution >= 4 is 18.0 Å². The molecule has 1 rings (SSSR count). The third-order valence-electron chi connectivity index (χ3n) is 2.94. The third kappa shape index (κ3) is 4.66. The van der Waals surface area contributed by atoms with Crippen LogP contribution in [0, 0.1) is 5.41 Å². The van der Waals surface area contributed by atoms with Gasteiger partial charge in [-0.15, -0.1) is 0 Å². The summed E-state index contributed by atoms with van der Waals surface area (Å²) >= 11 is 0. The fourth-order valence-corrected chi connectivity index (χ4v) is 1.53. The molecular formula is C15H18O4. The second-order valence-electron chi connectivity index (χ2n) is 4.80. The number of Topliss-reactive ketones (excluding diaryl/α,β-unsaturated/α-hetero) is 1. The van der Waals surface area contributed by atoms with Gasteiger partial charge in [0.2, 0.25) is 0 Å². The maximum atomic E-state index is 11.9. The average Bonchev–Trinajstić information content (AvgIpc) is 2.43. The lowest BCUT2D eigenvalue weighted by atomic mass is 9.86. The summed E-state index contributed by atoms with van der Waals surface area (Å²) in [6.07, 6.45) is 0.929. The number of ketones is 1. The summed E-state index contributed by atoms with van der Waals surface area (Å²) in [5.41, 5.74) is -0.392. The second-order valence-corrected chi connectivity index (χ2v) is 4.80. The van der Waals surface area contributed by atoms with Crippen LogP contribution in [0.25, 0.3) is 0 Å². The van der Waals surface area contributed by atoms with Gasteiger partial charge < -0.3 is 14.3 Å². The van der Waals surface area contributed by atoms with Gasteiger partial charge in [-0.2, -0.15) is 0 Å². The molecule has 0 aliphatic carbocycles. The fraction of sp³-hybridized carbons (Fsp3) is 0.400. The van der Waals surface area contributed by atoms with E-state index in [9.17, 15) is 14.4 Å². The number of rotatable bonds is 7. The van der Waals surface area contributed by atoms with Crippen molar-refractivity contribution in [2.75, 3.05) is 0 Å². The van der Waals surface area contributed by atoms with Crippen LogP contribution in [0.15, 0.2) is 30.3 Å². The molecule has 0 saturated heterocycles. The predicted molar refractivity (Wildman–Crippen MR) is 70.3 cm³/mol. The predicted octanol–water partition coefficient (Wildman–Crippen LogP) is 2.30. The Kier molecular flexibility index (Phi) is 5.42. The van der Waals surface area contributed by atoms with Crippen molar-refractivity contribution in [1.82, 2.24) is 0 Å². The minimum absolute atomic E-state index is 0.0519. The first kappa shape index (κ1) is 15.1. The van der Waals surface area contributed by atoms with Crippen LogP contribution in [0.4, 0.5) is 0 Å². The van der Waals surface area contributed by atoms with Crippen molar-refractivity contribution < 1.29 is 19.1 Å². The molecule has 0 radical (unpaired) electrons. The zero-order valence-corrected chi connectivity index (χ0v) is 11.2. The van der Waals surface area contributed by atoms with E-state index in [4.69, 9.17) is 4.74 Å². The first-order chi connectivity index (χ1) is 8.98. The van der Waals surface area contributed by atoms with Gasteiger partial charge in [-0.05, 0) is 25.8 Å². The van der Waals surface area contributed by atoms with Crippen molar-refractivity contribution in [1.29, 1.82) is 0 Å². The van der Waals surface area contributed by atoms with Crippen LogP contribution in [0.3, 0.4) is 0 Å². The van der Waals surface area contributed by atoms with E-state index >= 15 is 0 Å². The van der Waals surface area contributed by atoms with Crippen molar-refractivity contribution in [3.8, 4) is 0 Å². The number of carbonyl (C=O) groups is 3. The Morgan fingerprint density at radius 2 is 1.89 bits per heavy atom. The molecule has 1 aromatic carbocycles. The van der Waals surface area contributed by atoms with Gasteiger partial charge in [0.1, 0.15) is 24.1 Å². The van der Waals surface area contributed by atoms with Crippen LogP contribution in [-0.2, 0) is 25.7 Å². The van der Waals surface area contributed by atoms with Crippen LogP contribution in [0.1, 0.15) is 32.3 Å². The highest BCUT2D eigenvalue weighted by molar-refractivity contribution is 5.93. The van der Waals surface area contributed by atoms with Gasteiger partial charge in [0.15, 0.2) is 0 Å². The summed E-state index contributed by atoms with van der Waals surface area (Å²) in [4.78, 5) is 33.9. The minimum Gasteiger partial charge on any atom is -0.460 e. The molecule has 0 bridgehead atoms. The van der Waals surface area contributed by atoms with Crippen molar-refractivity contribution in [2.24, 2.45) is 5.41 Å². The number of ether oxygens (including phenoxy) is 1. The monoisotopic (exact) mass is 262 g/mol. The molecule has 4 nitrogen and oxygen atoms in total. The van der Waals surface area contributed by atoms with Gasteiger partial charge in [-0.3, -0.25) is 4.79 Å². The zero-order valence-electron chi connectivity index (χ0n) is 11.2. The summed E-state index contributed by atoms with van der Waals surface area (Å²) in [6, 6.07) is 9.23. The largest absolute Gasteiger partial charge is 0.460 e. The van der Waals surface area contributed by atoms with Crippen molar-refractivity contribution in [3.63, 3.8) is 0 Å². The molecule has 0 amide bonds. The molecular weight excluding hydrogens is 244 g/mol. The summed E-state index contributed by atoms with van der Waals surface area (Å²) in [6.45, 7) is 3.06. The van der Waals surface area contributed by atoms with Crippen LogP contribution >= 0.6 is 0 Å². The summed E-state index contributed by atoms with van der Waals surface area (Å²) in [7, 11) is 0. The Bertz CT molecular complexity index is 452. The Balaban J connectivity index is 2.58. The Labute approximate surface area is 112 Å². The normalized spacial score (nSPS) is 13.4. The molecule has 1 unspecified atom stereocenters. The number of hydrogen-bond acceptors (Lipinski definition) is 4. The molecule has 4 heteroatoms. The highest BCUT2D eigenvalue weighted by atomic mass is 16.5. The van der Waals surface area contributed by atoms with E-state index < -0.39 is 11.4 Å². The summed E-state index contributed by atoms with van der Waals surface area (Å²) < 4.78 is 5.13. The van der Waals surface area contributed by atoms with Crippen LogP contribution in [-0.4, -0.2) is 18.0 Å². The maximum Gasteiger partial charge on any atom is 0.319 e. The maximum absolute atomic E-state index is 11.9. The molecule has 0 aliphatic heterocycles. The van der Waals surface area contributed by atoms with E-state index in [1.165, 1.54) is 13.8 Å². The number of benzene rings is 1. The van der Waals surface area contributed by atoms with Crippen molar-refractivity contribution in [2.45, 2.75) is 33.3 Å². The molecule has 1 aromatic rings. The Hall–Kier alpha value is -1.97. The SMILES string of the molecule is CC(=O)CCC(C)(C=O)C(=O)OCc1ccccc1. The molecule has 1 atom stereocenters. The first-order valence-electron chi connectivity index (χ1n) is 6.15. The molecule has 0 N–H and O–H groups in total. The molecule has 0 aromatic heterocycles. The van der Waals surface area contributed by atoms with E-state index in [2.05, 4.69) is 0 Å². The van der Waals surface area contributed by atoms with E-state index in [0.717, 1.165) is 5.56 Å². The van der Waals surface area contributed by atoms with Gasteiger partial charge in [-0.25, -0.2) is 0 Å². The average molecular weight is 262 g/mol. The quantitative estimate of drug-likeness (QED) is 0.430. The molecule has 19 heavy (non-hydrogen) atoms. The molecule has 0 aliphatic rings. The smallest absolute Gasteiger partial charge is 0.319 e.